The summed E-state index contributed by atoms with van der Waals surface area (Å²) in [5.41, 5.74) is 0.625. The van der Waals surface area contributed by atoms with Gasteiger partial charge < -0.3 is 10.1 Å². The van der Waals surface area contributed by atoms with Crippen LogP contribution in [0, 0.1) is 0 Å². The van der Waals surface area contributed by atoms with Crippen molar-refractivity contribution in [2.24, 2.45) is 0 Å². The van der Waals surface area contributed by atoms with Gasteiger partial charge in [-0.3, -0.25) is 0 Å². The number of aromatic hydroxyl groups is 1. The molecule has 0 amide bonds. The number of rotatable bonds is 1. The molecule has 52 valence electrons. The molecule has 0 aliphatic carbocycles. The van der Waals surface area contributed by atoms with Crippen LogP contribution in [0.4, 0.5) is 0 Å². The highest BCUT2D eigenvalue weighted by atomic mass is 35.5. The smallest absolute Gasteiger partial charge is 0.306 e. The average Bonchev–Trinajstić information content (AvgIpc) is 1.88. The summed E-state index contributed by atoms with van der Waals surface area (Å²) < 4.78 is 0. The molecular formula is C6H6BClO2. The summed E-state index contributed by atoms with van der Waals surface area (Å²) >= 11 is 5.61. The lowest BCUT2D eigenvalue weighted by atomic mass is 9.89. The van der Waals surface area contributed by atoms with Gasteiger partial charge in [0.15, 0.2) is 0 Å². The number of phenolic OH excluding ortho intramolecular Hbond substituents is 1. The number of phenols is 1. The van der Waals surface area contributed by atoms with Crippen molar-refractivity contribution in [1.29, 1.82) is 0 Å². The van der Waals surface area contributed by atoms with Crippen LogP contribution in [0.3, 0.4) is 0 Å². The highest BCUT2D eigenvalue weighted by Crippen LogP contribution is 2.12. The molecule has 2 N–H and O–H groups in total. The number of benzene rings is 1. The molecule has 0 aliphatic heterocycles. The van der Waals surface area contributed by atoms with Gasteiger partial charge >= 0.3 is 7.48 Å². The zero-order chi connectivity index (χ0) is 7.56. The van der Waals surface area contributed by atoms with Crippen molar-refractivity contribution in [3.05, 3.63) is 23.2 Å². The van der Waals surface area contributed by atoms with E-state index in [4.69, 9.17) is 21.7 Å². The van der Waals surface area contributed by atoms with Crippen LogP contribution in [0.1, 0.15) is 0 Å². The SMILES string of the molecule is OBc1ccc(O)cc1Cl. The van der Waals surface area contributed by atoms with Crippen LogP contribution in [-0.2, 0) is 0 Å². The maximum absolute atomic E-state index is 8.87. The molecule has 1 aromatic carbocycles. The van der Waals surface area contributed by atoms with Gasteiger partial charge in [0, 0.05) is 5.02 Å². The first-order valence-corrected chi connectivity index (χ1v) is 3.20. The quantitative estimate of drug-likeness (QED) is 0.563. The Morgan fingerprint density at radius 3 is 2.60 bits per heavy atom. The summed E-state index contributed by atoms with van der Waals surface area (Å²) in [7, 11) is -0.0981. The van der Waals surface area contributed by atoms with Gasteiger partial charge in [-0.2, -0.15) is 0 Å². The Kier molecular flexibility index (Phi) is 2.19. The lowest BCUT2D eigenvalue weighted by Gasteiger charge is -1.97. The van der Waals surface area contributed by atoms with Gasteiger partial charge in [-0.15, -0.1) is 0 Å². The molecule has 0 bridgehead atoms. The molecule has 1 aromatic rings. The topological polar surface area (TPSA) is 40.5 Å². The summed E-state index contributed by atoms with van der Waals surface area (Å²) in [6.45, 7) is 0. The molecule has 0 fully saturated rings. The fraction of sp³-hybridized carbons (Fsp3) is 0. The lowest BCUT2D eigenvalue weighted by molar-refractivity contribution is 0.475. The molecule has 2 nitrogen and oxygen atoms in total. The van der Waals surface area contributed by atoms with E-state index in [-0.39, 0.29) is 13.2 Å². The van der Waals surface area contributed by atoms with Crippen LogP contribution in [-0.4, -0.2) is 17.6 Å². The molecule has 4 heteroatoms. The Balaban J connectivity index is 3.07. The van der Waals surface area contributed by atoms with E-state index in [9.17, 15) is 0 Å². The molecule has 1 rings (SSSR count). The lowest BCUT2D eigenvalue weighted by Crippen LogP contribution is -2.13. The Morgan fingerprint density at radius 1 is 1.40 bits per heavy atom. The van der Waals surface area contributed by atoms with Crippen molar-refractivity contribution >= 4 is 24.5 Å². The standard InChI is InChI=1S/C6H6BClO2/c8-6-3-4(9)1-2-5(6)7-10/h1-3,7,9-10H. The van der Waals surface area contributed by atoms with E-state index in [1.807, 2.05) is 0 Å². The Hall–Kier alpha value is -0.665. The van der Waals surface area contributed by atoms with Gasteiger partial charge in [0.05, 0.1) is 0 Å². The predicted octanol–water partition coefficient (Wildman–Crippen LogP) is 0.0147. The van der Waals surface area contributed by atoms with Crippen molar-refractivity contribution < 1.29 is 10.1 Å². The summed E-state index contributed by atoms with van der Waals surface area (Å²) in [6.07, 6.45) is 0. The largest absolute Gasteiger partial charge is 0.508 e. The second kappa shape index (κ2) is 2.95. The highest BCUT2D eigenvalue weighted by molar-refractivity contribution is 6.52. The third kappa shape index (κ3) is 1.43. The monoisotopic (exact) mass is 156 g/mol. The Labute approximate surface area is 64.3 Å². The van der Waals surface area contributed by atoms with Crippen LogP contribution in [0.5, 0.6) is 5.75 Å². The minimum atomic E-state index is -0.0981. The average molecular weight is 156 g/mol. The third-order valence-corrected chi connectivity index (χ3v) is 1.56. The van der Waals surface area contributed by atoms with Gasteiger partial charge in [-0.05, 0) is 17.6 Å². The minimum Gasteiger partial charge on any atom is -0.508 e. The maximum atomic E-state index is 8.87. The van der Waals surface area contributed by atoms with Crippen molar-refractivity contribution in [2.45, 2.75) is 0 Å². The van der Waals surface area contributed by atoms with E-state index in [0.29, 0.717) is 10.5 Å². The molecular weight excluding hydrogens is 150 g/mol. The van der Waals surface area contributed by atoms with Gasteiger partial charge in [0.25, 0.3) is 0 Å². The number of hydrogen-bond donors (Lipinski definition) is 2. The third-order valence-electron chi connectivity index (χ3n) is 1.21. The molecule has 0 unspecified atom stereocenters. The van der Waals surface area contributed by atoms with E-state index in [1.165, 1.54) is 12.1 Å². The molecule has 0 saturated heterocycles. The summed E-state index contributed by atoms with van der Waals surface area (Å²) in [4.78, 5) is 0. The molecule has 0 atom stereocenters. The van der Waals surface area contributed by atoms with Gasteiger partial charge in [-0.25, -0.2) is 0 Å². The Morgan fingerprint density at radius 2 is 2.10 bits per heavy atom. The fourth-order valence-corrected chi connectivity index (χ4v) is 0.899. The van der Waals surface area contributed by atoms with Crippen LogP contribution < -0.4 is 5.46 Å². The van der Waals surface area contributed by atoms with Crippen molar-refractivity contribution in [2.75, 3.05) is 0 Å². The molecule has 0 aromatic heterocycles. The second-order valence-corrected chi connectivity index (χ2v) is 2.34. The van der Waals surface area contributed by atoms with Gasteiger partial charge in [0.2, 0.25) is 0 Å². The first-order chi connectivity index (χ1) is 4.74. The van der Waals surface area contributed by atoms with E-state index in [0.717, 1.165) is 0 Å². The zero-order valence-electron chi connectivity index (χ0n) is 5.21. The molecule has 0 heterocycles. The van der Waals surface area contributed by atoms with E-state index in [1.54, 1.807) is 6.07 Å². The molecule has 0 spiro atoms. The number of hydrogen-bond acceptors (Lipinski definition) is 2. The van der Waals surface area contributed by atoms with E-state index < -0.39 is 0 Å². The van der Waals surface area contributed by atoms with Crippen LogP contribution >= 0.6 is 11.6 Å². The zero-order valence-corrected chi connectivity index (χ0v) is 5.97. The number of halogens is 1. The molecule has 0 aliphatic rings. The maximum Gasteiger partial charge on any atom is 0.306 e. The molecule has 10 heavy (non-hydrogen) atoms. The van der Waals surface area contributed by atoms with Crippen LogP contribution in [0.15, 0.2) is 18.2 Å². The Bertz CT molecular complexity index is 239. The van der Waals surface area contributed by atoms with E-state index in [2.05, 4.69) is 0 Å². The van der Waals surface area contributed by atoms with Crippen LogP contribution in [0.2, 0.25) is 5.02 Å². The van der Waals surface area contributed by atoms with Crippen molar-refractivity contribution in [3.63, 3.8) is 0 Å². The first kappa shape index (κ1) is 7.44. The second-order valence-electron chi connectivity index (χ2n) is 1.93. The predicted molar refractivity (Wildman–Crippen MR) is 42.1 cm³/mol. The normalized spacial score (nSPS) is 9.40. The fourth-order valence-electron chi connectivity index (χ4n) is 0.664. The first-order valence-electron chi connectivity index (χ1n) is 2.82. The summed E-state index contributed by atoms with van der Waals surface area (Å²) in [5, 5.41) is 17.9. The van der Waals surface area contributed by atoms with E-state index >= 15 is 0 Å². The molecule has 0 saturated carbocycles. The van der Waals surface area contributed by atoms with Crippen LogP contribution in [0.25, 0.3) is 0 Å². The summed E-state index contributed by atoms with van der Waals surface area (Å²) in [6, 6.07) is 4.46. The van der Waals surface area contributed by atoms with Gasteiger partial charge in [-0.1, -0.05) is 17.7 Å². The molecule has 0 radical (unpaired) electrons. The van der Waals surface area contributed by atoms with Crippen molar-refractivity contribution in [3.8, 4) is 5.75 Å². The minimum absolute atomic E-state index is 0.0981. The summed E-state index contributed by atoms with van der Waals surface area (Å²) in [5.74, 6) is 0.113. The van der Waals surface area contributed by atoms with Gasteiger partial charge in [0.1, 0.15) is 5.75 Å². The van der Waals surface area contributed by atoms with Crippen molar-refractivity contribution in [1.82, 2.24) is 0 Å². The highest BCUT2D eigenvalue weighted by Gasteiger charge is 1.99.